The maximum Gasteiger partial charge on any atom is 0.221 e. The van der Waals surface area contributed by atoms with Crippen molar-refractivity contribution in [2.24, 2.45) is 11.7 Å². The van der Waals surface area contributed by atoms with Gasteiger partial charge in [-0.1, -0.05) is 6.92 Å². The van der Waals surface area contributed by atoms with Gasteiger partial charge in [0.25, 0.3) is 0 Å². The van der Waals surface area contributed by atoms with Crippen LogP contribution >= 0.6 is 0 Å². The molecule has 15 heavy (non-hydrogen) atoms. The van der Waals surface area contributed by atoms with Gasteiger partial charge in [-0.3, -0.25) is 4.79 Å². The Bertz CT molecular complexity index is 204. The molecule has 0 heterocycles. The zero-order valence-corrected chi connectivity index (χ0v) is 9.83. The van der Waals surface area contributed by atoms with Crippen LogP contribution in [0.5, 0.6) is 0 Å². The summed E-state index contributed by atoms with van der Waals surface area (Å²) in [7, 11) is 2.04. The maximum atomic E-state index is 11.4. The lowest BCUT2D eigenvalue weighted by molar-refractivity contribution is -0.121. The Morgan fingerprint density at radius 2 is 2.27 bits per heavy atom. The summed E-state index contributed by atoms with van der Waals surface area (Å²) in [5, 5.41) is 2.90. The summed E-state index contributed by atoms with van der Waals surface area (Å²) in [6.45, 7) is 4.74. The normalized spacial score (nSPS) is 17.9. The van der Waals surface area contributed by atoms with Gasteiger partial charge in [0.15, 0.2) is 0 Å². The molecule has 1 amide bonds. The van der Waals surface area contributed by atoms with Gasteiger partial charge < -0.3 is 16.0 Å². The monoisotopic (exact) mass is 213 g/mol. The van der Waals surface area contributed by atoms with Gasteiger partial charge in [0.05, 0.1) is 0 Å². The van der Waals surface area contributed by atoms with E-state index in [2.05, 4.69) is 17.1 Å². The van der Waals surface area contributed by atoms with Crippen molar-refractivity contribution in [3.05, 3.63) is 0 Å². The van der Waals surface area contributed by atoms with E-state index in [9.17, 15) is 4.79 Å². The number of nitrogens with zero attached hydrogens (tertiary/aromatic N) is 1. The van der Waals surface area contributed by atoms with Crippen LogP contribution in [0, 0.1) is 5.92 Å². The minimum atomic E-state index is 0.0777. The van der Waals surface area contributed by atoms with Crippen molar-refractivity contribution < 1.29 is 4.79 Å². The van der Waals surface area contributed by atoms with Crippen molar-refractivity contribution in [1.29, 1.82) is 0 Å². The van der Waals surface area contributed by atoms with Crippen LogP contribution in [0.1, 0.15) is 26.2 Å². The van der Waals surface area contributed by atoms with Crippen molar-refractivity contribution in [1.82, 2.24) is 10.2 Å². The molecule has 0 aromatic carbocycles. The van der Waals surface area contributed by atoms with Gasteiger partial charge in [-0.25, -0.2) is 0 Å². The Hall–Kier alpha value is -0.610. The molecular formula is C11H23N3O. The molecule has 0 saturated heterocycles. The minimum absolute atomic E-state index is 0.0777. The van der Waals surface area contributed by atoms with Crippen molar-refractivity contribution in [3.8, 4) is 0 Å². The number of hydrogen-bond donors (Lipinski definition) is 2. The van der Waals surface area contributed by atoms with E-state index >= 15 is 0 Å². The molecule has 4 nitrogen and oxygen atoms in total. The third kappa shape index (κ3) is 5.14. The zero-order chi connectivity index (χ0) is 11.3. The first-order valence-electron chi connectivity index (χ1n) is 5.84. The molecule has 0 spiro atoms. The lowest BCUT2D eigenvalue weighted by Gasteiger charge is -2.15. The molecule has 3 N–H and O–H groups in total. The van der Waals surface area contributed by atoms with Crippen molar-refractivity contribution in [3.63, 3.8) is 0 Å². The number of amides is 1. The molecule has 1 unspecified atom stereocenters. The Morgan fingerprint density at radius 1 is 1.60 bits per heavy atom. The van der Waals surface area contributed by atoms with Gasteiger partial charge in [-0.05, 0) is 32.4 Å². The van der Waals surface area contributed by atoms with Crippen LogP contribution in [0.25, 0.3) is 0 Å². The highest BCUT2D eigenvalue weighted by molar-refractivity contribution is 5.76. The first kappa shape index (κ1) is 12.5. The number of nitrogens with two attached hydrogens (primary N) is 1. The summed E-state index contributed by atoms with van der Waals surface area (Å²) in [6, 6.07) is 0.0777. The second kappa shape index (κ2) is 6.08. The summed E-state index contributed by atoms with van der Waals surface area (Å²) in [4.78, 5) is 13.6. The number of nitrogens with one attached hydrogen (secondary N) is 1. The molecule has 1 saturated carbocycles. The fourth-order valence-electron chi connectivity index (χ4n) is 1.52. The van der Waals surface area contributed by atoms with E-state index in [1.165, 1.54) is 12.8 Å². The molecule has 0 aromatic heterocycles. The van der Waals surface area contributed by atoms with Crippen LogP contribution in [0.3, 0.4) is 0 Å². The third-order valence-corrected chi connectivity index (χ3v) is 3.00. The average molecular weight is 213 g/mol. The molecule has 1 aliphatic rings. The first-order chi connectivity index (χ1) is 7.13. The topological polar surface area (TPSA) is 58.4 Å². The lowest BCUT2D eigenvalue weighted by atomic mass is 10.1. The summed E-state index contributed by atoms with van der Waals surface area (Å²) < 4.78 is 0. The number of hydrogen-bond acceptors (Lipinski definition) is 3. The highest BCUT2D eigenvalue weighted by Gasteiger charge is 2.29. The molecule has 1 aliphatic carbocycles. The molecule has 0 bridgehead atoms. The van der Waals surface area contributed by atoms with Gasteiger partial charge in [0.1, 0.15) is 0 Å². The number of likely N-dealkylation sites (N-methyl/N-ethyl adjacent to an activating group) is 1. The SMILES string of the molecule is CCN(C)CCNC(=O)CC(N)C1CC1. The second-order valence-corrected chi connectivity index (χ2v) is 4.45. The van der Waals surface area contributed by atoms with E-state index in [1.54, 1.807) is 0 Å². The quantitative estimate of drug-likeness (QED) is 0.634. The van der Waals surface area contributed by atoms with Crippen LogP contribution in [0.4, 0.5) is 0 Å². The highest BCUT2D eigenvalue weighted by Crippen LogP contribution is 2.32. The average Bonchev–Trinajstić information content (AvgIpc) is 3.00. The third-order valence-electron chi connectivity index (χ3n) is 3.00. The zero-order valence-electron chi connectivity index (χ0n) is 9.83. The van der Waals surface area contributed by atoms with Crippen LogP contribution < -0.4 is 11.1 Å². The van der Waals surface area contributed by atoms with Gasteiger partial charge in [0, 0.05) is 25.6 Å². The second-order valence-electron chi connectivity index (χ2n) is 4.45. The molecule has 0 radical (unpaired) electrons. The first-order valence-corrected chi connectivity index (χ1v) is 5.84. The molecule has 4 heteroatoms. The van der Waals surface area contributed by atoms with E-state index in [0.29, 0.717) is 12.3 Å². The van der Waals surface area contributed by atoms with E-state index in [-0.39, 0.29) is 11.9 Å². The summed E-state index contributed by atoms with van der Waals surface area (Å²) in [5.41, 5.74) is 5.87. The lowest BCUT2D eigenvalue weighted by Crippen LogP contribution is -2.36. The minimum Gasteiger partial charge on any atom is -0.355 e. The fraction of sp³-hybridized carbons (Fsp3) is 0.909. The molecule has 1 atom stereocenters. The van der Waals surface area contributed by atoms with E-state index in [1.807, 2.05) is 7.05 Å². The van der Waals surface area contributed by atoms with Crippen LogP contribution in [-0.4, -0.2) is 43.5 Å². The molecular weight excluding hydrogens is 190 g/mol. The van der Waals surface area contributed by atoms with Gasteiger partial charge in [-0.2, -0.15) is 0 Å². The van der Waals surface area contributed by atoms with E-state index < -0.39 is 0 Å². The van der Waals surface area contributed by atoms with E-state index in [0.717, 1.165) is 19.6 Å². The Morgan fingerprint density at radius 3 is 2.80 bits per heavy atom. The summed E-state index contributed by atoms with van der Waals surface area (Å²) in [5.74, 6) is 0.702. The van der Waals surface area contributed by atoms with Crippen LogP contribution in [0.2, 0.25) is 0 Å². The standard InChI is InChI=1S/C11H23N3O/c1-3-14(2)7-6-13-11(15)8-10(12)9-4-5-9/h9-10H,3-8,12H2,1-2H3,(H,13,15). The largest absolute Gasteiger partial charge is 0.355 e. The van der Waals surface area contributed by atoms with Gasteiger partial charge in [-0.15, -0.1) is 0 Å². The maximum absolute atomic E-state index is 11.4. The number of rotatable bonds is 7. The molecule has 1 rings (SSSR count). The Labute approximate surface area is 92.2 Å². The van der Waals surface area contributed by atoms with Gasteiger partial charge >= 0.3 is 0 Å². The molecule has 0 aromatic rings. The number of carbonyl (C=O) groups excluding carboxylic acids is 1. The van der Waals surface area contributed by atoms with Crippen LogP contribution in [0.15, 0.2) is 0 Å². The van der Waals surface area contributed by atoms with Crippen LogP contribution in [-0.2, 0) is 4.79 Å². The fourth-order valence-corrected chi connectivity index (χ4v) is 1.52. The van der Waals surface area contributed by atoms with Crippen molar-refractivity contribution in [2.75, 3.05) is 26.7 Å². The molecule has 0 aliphatic heterocycles. The number of carbonyl (C=O) groups is 1. The summed E-state index contributed by atoms with van der Waals surface area (Å²) in [6.07, 6.45) is 2.89. The molecule has 1 fully saturated rings. The smallest absolute Gasteiger partial charge is 0.221 e. The predicted octanol–water partition coefficient (Wildman–Crippen LogP) is 0.182. The van der Waals surface area contributed by atoms with Gasteiger partial charge in [0.2, 0.25) is 5.91 Å². The molecule has 88 valence electrons. The Balaban J connectivity index is 2.02. The summed E-state index contributed by atoms with van der Waals surface area (Å²) >= 11 is 0. The Kier molecular flexibility index (Phi) is 5.05. The highest BCUT2D eigenvalue weighted by atomic mass is 16.1. The van der Waals surface area contributed by atoms with Crippen molar-refractivity contribution in [2.45, 2.75) is 32.2 Å². The predicted molar refractivity (Wildman–Crippen MR) is 61.5 cm³/mol. The van der Waals surface area contributed by atoms with E-state index in [4.69, 9.17) is 5.73 Å². The van der Waals surface area contributed by atoms with Crippen molar-refractivity contribution >= 4 is 5.91 Å².